The second-order valence-corrected chi connectivity index (χ2v) is 9.44. The molecule has 1 aliphatic heterocycles. The van der Waals surface area contributed by atoms with Gasteiger partial charge < -0.3 is 39.8 Å². The fraction of sp³-hybridized carbons (Fsp3) is 0.360. The number of carbonyl (C=O) groups is 2. The zero-order valence-electron chi connectivity index (χ0n) is 19.5. The van der Waals surface area contributed by atoms with Crippen LogP contribution in [0.2, 0.25) is 0 Å². The van der Waals surface area contributed by atoms with Crippen LogP contribution in [0.4, 0.5) is 0 Å². The summed E-state index contributed by atoms with van der Waals surface area (Å²) in [5.41, 5.74) is 1.77. The lowest BCUT2D eigenvalue weighted by Gasteiger charge is -2.34. The Bertz CT molecular complexity index is 1160. The summed E-state index contributed by atoms with van der Waals surface area (Å²) in [5, 5.41) is 26.3. The number of carbonyl (C=O) groups excluding carboxylic acids is 2. The van der Waals surface area contributed by atoms with Crippen LogP contribution in [0.3, 0.4) is 0 Å². The van der Waals surface area contributed by atoms with Gasteiger partial charge in [-0.15, -0.1) is 0 Å². The molecule has 192 valence electrons. The molecule has 0 fully saturated rings. The Hall–Kier alpha value is -2.87. The maximum atomic E-state index is 12.7. The molecule has 2 aliphatic rings. The van der Waals surface area contributed by atoms with Gasteiger partial charge in [0, 0.05) is 30.3 Å². The van der Waals surface area contributed by atoms with Gasteiger partial charge in [-0.2, -0.15) is 0 Å². The molecule has 0 aromatic heterocycles. The van der Waals surface area contributed by atoms with Crippen molar-refractivity contribution in [2.75, 3.05) is 27.1 Å². The molecule has 0 spiro atoms. The van der Waals surface area contributed by atoms with E-state index >= 15 is 0 Å². The van der Waals surface area contributed by atoms with Gasteiger partial charge in [-0.25, -0.2) is 0 Å². The van der Waals surface area contributed by atoms with E-state index in [0.29, 0.717) is 50.5 Å². The number of hydrogen-bond donors (Lipinski definition) is 4. The molecule has 1 amide bonds. The van der Waals surface area contributed by atoms with Crippen LogP contribution in [0, 0.1) is 3.57 Å². The number of amides is 1. The van der Waals surface area contributed by atoms with Crippen molar-refractivity contribution >= 4 is 34.8 Å². The molecule has 0 saturated carbocycles. The van der Waals surface area contributed by atoms with Gasteiger partial charge in [0.1, 0.15) is 18.5 Å². The normalized spacial score (nSPS) is 20.4. The van der Waals surface area contributed by atoms with Crippen molar-refractivity contribution in [2.24, 2.45) is 0 Å². The highest BCUT2D eigenvalue weighted by atomic mass is 127. The molecule has 2 aromatic carbocycles. The minimum atomic E-state index is -1.00. The minimum absolute atomic E-state index is 0.110. The van der Waals surface area contributed by atoms with Crippen molar-refractivity contribution in [3.63, 3.8) is 0 Å². The van der Waals surface area contributed by atoms with Gasteiger partial charge in [-0.05, 0) is 64.9 Å². The number of aliphatic hydroxyl groups is 2. The standard InChI is InChI=1S/C25H27IN2O8/c1-33-22-8-15(12-30)6-17(26)24(22)36-21-10-16(25(32)27-4-5-29)9-18(23(21)31)28-11-14-2-3-19-20(7-14)35-13-34-19/h2-3,6-8,10,12,18,21,23,28-29,31H,4-5,9,11,13H2,1H3,(H,27,32)/t18-,21+,23+/m1/s1. The van der Waals surface area contributed by atoms with E-state index in [9.17, 15) is 14.7 Å². The zero-order chi connectivity index (χ0) is 25.7. The van der Waals surface area contributed by atoms with Crippen molar-refractivity contribution in [1.29, 1.82) is 0 Å². The van der Waals surface area contributed by atoms with Gasteiger partial charge in [0.05, 0.1) is 17.3 Å². The number of aliphatic hydroxyl groups excluding tert-OH is 2. The second kappa shape index (κ2) is 11.9. The zero-order valence-corrected chi connectivity index (χ0v) is 21.7. The smallest absolute Gasteiger partial charge is 0.247 e. The summed E-state index contributed by atoms with van der Waals surface area (Å²) in [7, 11) is 1.46. The Labute approximate surface area is 221 Å². The van der Waals surface area contributed by atoms with E-state index in [1.54, 1.807) is 18.2 Å². The number of fused-ring (bicyclic) bond motifs is 1. The molecular weight excluding hydrogens is 583 g/mol. The lowest BCUT2D eigenvalue weighted by Crippen LogP contribution is -2.51. The van der Waals surface area contributed by atoms with Gasteiger partial charge in [-0.1, -0.05) is 6.07 Å². The first kappa shape index (κ1) is 26.2. The van der Waals surface area contributed by atoms with Crippen LogP contribution in [0.5, 0.6) is 23.0 Å². The molecule has 4 rings (SSSR count). The molecule has 36 heavy (non-hydrogen) atoms. The number of halogens is 1. The van der Waals surface area contributed by atoms with Gasteiger partial charge in [0.15, 0.2) is 23.0 Å². The lowest BCUT2D eigenvalue weighted by molar-refractivity contribution is -0.118. The van der Waals surface area contributed by atoms with E-state index in [1.807, 2.05) is 40.8 Å². The highest BCUT2D eigenvalue weighted by Gasteiger charge is 2.36. The maximum Gasteiger partial charge on any atom is 0.247 e. The molecular formula is C25H27IN2O8. The van der Waals surface area contributed by atoms with Gasteiger partial charge >= 0.3 is 0 Å². The fourth-order valence-corrected chi connectivity index (χ4v) is 4.81. The molecule has 4 N–H and O–H groups in total. The number of nitrogens with one attached hydrogen (secondary N) is 2. The molecule has 2 aromatic rings. The lowest BCUT2D eigenvalue weighted by atomic mass is 9.89. The summed E-state index contributed by atoms with van der Waals surface area (Å²) < 4.78 is 23.0. The molecule has 3 atom stereocenters. The van der Waals surface area contributed by atoms with E-state index in [4.69, 9.17) is 24.1 Å². The van der Waals surface area contributed by atoms with Crippen molar-refractivity contribution in [1.82, 2.24) is 10.6 Å². The average molecular weight is 610 g/mol. The molecule has 1 heterocycles. The maximum absolute atomic E-state index is 12.7. The number of benzene rings is 2. The summed E-state index contributed by atoms with van der Waals surface area (Å²) in [6.07, 6.45) is 0.663. The topological polar surface area (TPSA) is 136 Å². The molecule has 0 unspecified atom stereocenters. The van der Waals surface area contributed by atoms with Crippen LogP contribution in [-0.4, -0.2) is 67.7 Å². The summed E-state index contributed by atoms with van der Waals surface area (Å²) in [6.45, 7) is 0.509. The average Bonchev–Trinajstić information content (AvgIpc) is 3.36. The molecule has 0 radical (unpaired) electrons. The summed E-state index contributed by atoms with van der Waals surface area (Å²) in [6, 6.07) is 8.27. The monoisotopic (exact) mass is 610 g/mol. The van der Waals surface area contributed by atoms with E-state index in [2.05, 4.69) is 10.6 Å². The number of methoxy groups -OCH3 is 1. The van der Waals surface area contributed by atoms with Crippen LogP contribution in [0.1, 0.15) is 22.3 Å². The largest absolute Gasteiger partial charge is 0.493 e. The first-order chi connectivity index (χ1) is 17.4. The van der Waals surface area contributed by atoms with Crippen molar-refractivity contribution < 1.29 is 38.7 Å². The third-order valence-corrected chi connectivity index (χ3v) is 6.69. The summed E-state index contributed by atoms with van der Waals surface area (Å²) >= 11 is 2.03. The Balaban J connectivity index is 1.56. The Kier molecular flexibility index (Phi) is 8.67. The third kappa shape index (κ3) is 5.91. The van der Waals surface area contributed by atoms with Crippen LogP contribution >= 0.6 is 22.6 Å². The Morgan fingerprint density at radius 3 is 2.81 bits per heavy atom. The summed E-state index contributed by atoms with van der Waals surface area (Å²) in [4.78, 5) is 24.0. The number of ether oxygens (including phenoxy) is 4. The number of aldehydes is 1. The van der Waals surface area contributed by atoms with Crippen LogP contribution in [0.25, 0.3) is 0 Å². The molecule has 0 saturated heterocycles. The third-order valence-electron chi connectivity index (χ3n) is 5.89. The predicted molar refractivity (Wildman–Crippen MR) is 138 cm³/mol. The van der Waals surface area contributed by atoms with Crippen molar-refractivity contribution in [3.05, 3.63) is 56.7 Å². The SMILES string of the molecule is COc1cc(C=O)cc(I)c1O[C@H]1C=C(C(=O)NCCO)C[C@@H](NCc2ccc3c(c2)OCO3)[C@@H]1O. The minimum Gasteiger partial charge on any atom is -0.493 e. The number of rotatable bonds is 10. The second-order valence-electron chi connectivity index (χ2n) is 8.28. The van der Waals surface area contributed by atoms with Crippen LogP contribution < -0.4 is 29.6 Å². The quantitative estimate of drug-likeness (QED) is 0.234. The Morgan fingerprint density at radius 2 is 2.06 bits per heavy atom. The highest BCUT2D eigenvalue weighted by Crippen LogP contribution is 2.36. The van der Waals surface area contributed by atoms with E-state index < -0.39 is 18.2 Å². The van der Waals surface area contributed by atoms with Crippen LogP contribution in [0.15, 0.2) is 42.0 Å². The van der Waals surface area contributed by atoms with Crippen LogP contribution in [-0.2, 0) is 11.3 Å². The molecule has 11 heteroatoms. The highest BCUT2D eigenvalue weighted by molar-refractivity contribution is 14.1. The predicted octanol–water partition coefficient (Wildman–Crippen LogP) is 1.55. The van der Waals surface area contributed by atoms with E-state index in [1.165, 1.54) is 7.11 Å². The van der Waals surface area contributed by atoms with Gasteiger partial charge in [0.25, 0.3) is 0 Å². The Morgan fingerprint density at radius 1 is 1.25 bits per heavy atom. The van der Waals surface area contributed by atoms with E-state index in [-0.39, 0.29) is 32.3 Å². The number of hydrogen-bond acceptors (Lipinski definition) is 9. The van der Waals surface area contributed by atoms with Gasteiger partial charge in [-0.3, -0.25) is 9.59 Å². The van der Waals surface area contributed by atoms with E-state index in [0.717, 1.165) is 5.56 Å². The molecule has 0 bridgehead atoms. The summed E-state index contributed by atoms with van der Waals surface area (Å²) in [5.74, 6) is 1.68. The van der Waals surface area contributed by atoms with Crippen molar-refractivity contribution in [3.8, 4) is 23.0 Å². The van der Waals surface area contributed by atoms with Gasteiger partial charge in [0.2, 0.25) is 12.7 Å². The molecule has 10 nitrogen and oxygen atoms in total. The first-order valence-electron chi connectivity index (χ1n) is 11.3. The van der Waals surface area contributed by atoms with Crippen molar-refractivity contribution in [2.45, 2.75) is 31.2 Å². The fourth-order valence-electron chi connectivity index (χ4n) is 4.06. The first-order valence-corrected chi connectivity index (χ1v) is 12.4. The molecule has 1 aliphatic carbocycles.